The normalized spacial score (nSPS) is 14.1. The number of carbonyl (C=O) groups is 1. The molecule has 0 aliphatic carbocycles. The van der Waals surface area contributed by atoms with Crippen molar-refractivity contribution >= 4 is 17.7 Å². The Bertz CT molecular complexity index is 971. The van der Waals surface area contributed by atoms with Crippen molar-refractivity contribution in [2.24, 2.45) is 0 Å². The van der Waals surface area contributed by atoms with Gasteiger partial charge in [-0.1, -0.05) is 6.07 Å². The van der Waals surface area contributed by atoms with E-state index in [0.29, 0.717) is 49.8 Å². The Morgan fingerprint density at radius 1 is 1.03 bits per heavy atom. The summed E-state index contributed by atoms with van der Waals surface area (Å²) in [5, 5.41) is 9.60. The standard InChI is InChI=1S/C24H27N3O4/c1-4-31-23-16-18(5-10-22(23)30-3)15-19(17-25)24(28)27-13-11-26(12-14-27)20-6-8-21(29-2)9-7-20/h5-10,15-16H,4,11-14H2,1-3H3/b19-15+. The Labute approximate surface area is 183 Å². The van der Waals surface area contributed by atoms with Gasteiger partial charge < -0.3 is 24.0 Å². The van der Waals surface area contributed by atoms with Gasteiger partial charge in [-0.05, 0) is 55.0 Å². The zero-order valence-electron chi connectivity index (χ0n) is 18.1. The maximum Gasteiger partial charge on any atom is 0.264 e. The van der Waals surface area contributed by atoms with Gasteiger partial charge in [-0.15, -0.1) is 0 Å². The van der Waals surface area contributed by atoms with E-state index in [1.54, 1.807) is 43.4 Å². The van der Waals surface area contributed by atoms with Crippen LogP contribution in [-0.2, 0) is 4.79 Å². The van der Waals surface area contributed by atoms with Crippen LogP contribution in [-0.4, -0.2) is 57.8 Å². The molecule has 162 valence electrons. The van der Waals surface area contributed by atoms with Crippen LogP contribution in [0.5, 0.6) is 17.2 Å². The highest BCUT2D eigenvalue weighted by Gasteiger charge is 2.24. The van der Waals surface area contributed by atoms with Crippen LogP contribution >= 0.6 is 0 Å². The van der Waals surface area contributed by atoms with Crippen molar-refractivity contribution in [1.29, 1.82) is 5.26 Å². The molecule has 2 aromatic rings. The molecule has 31 heavy (non-hydrogen) atoms. The van der Waals surface area contributed by atoms with Gasteiger partial charge in [0.15, 0.2) is 11.5 Å². The SMILES string of the molecule is CCOc1cc(/C=C(\C#N)C(=O)N2CCN(c3ccc(OC)cc3)CC2)ccc1OC. The first kappa shape index (κ1) is 22.0. The lowest BCUT2D eigenvalue weighted by Crippen LogP contribution is -2.49. The van der Waals surface area contributed by atoms with Gasteiger partial charge in [0.1, 0.15) is 17.4 Å². The van der Waals surface area contributed by atoms with Crippen molar-refractivity contribution in [1.82, 2.24) is 4.90 Å². The lowest BCUT2D eigenvalue weighted by molar-refractivity contribution is -0.126. The third-order valence-corrected chi connectivity index (χ3v) is 5.15. The number of rotatable bonds is 7. The fourth-order valence-electron chi connectivity index (χ4n) is 3.49. The van der Waals surface area contributed by atoms with Crippen LogP contribution in [0.25, 0.3) is 6.08 Å². The third-order valence-electron chi connectivity index (χ3n) is 5.15. The molecule has 0 atom stereocenters. The molecule has 2 aromatic carbocycles. The minimum absolute atomic E-state index is 0.102. The average Bonchev–Trinajstić information content (AvgIpc) is 2.82. The van der Waals surface area contributed by atoms with Crippen molar-refractivity contribution in [2.75, 3.05) is 51.9 Å². The number of benzene rings is 2. The maximum absolute atomic E-state index is 12.9. The number of methoxy groups -OCH3 is 2. The van der Waals surface area contributed by atoms with Gasteiger partial charge in [-0.2, -0.15) is 5.26 Å². The van der Waals surface area contributed by atoms with Crippen molar-refractivity contribution < 1.29 is 19.0 Å². The Hall–Kier alpha value is -3.66. The van der Waals surface area contributed by atoms with E-state index >= 15 is 0 Å². The second kappa shape index (κ2) is 10.4. The van der Waals surface area contributed by atoms with Gasteiger partial charge in [-0.3, -0.25) is 4.79 Å². The first-order valence-electron chi connectivity index (χ1n) is 10.2. The second-order valence-corrected chi connectivity index (χ2v) is 6.99. The highest BCUT2D eigenvalue weighted by atomic mass is 16.5. The molecule has 0 saturated carbocycles. The number of anilines is 1. The lowest BCUT2D eigenvalue weighted by Gasteiger charge is -2.36. The number of hydrogen-bond acceptors (Lipinski definition) is 6. The number of hydrogen-bond donors (Lipinski definition) is 0. The van der Waals surface area contributed by atoms with E-state index in [0.717, 1.165) is 11.4 Å². The molecule has 0 bridgehead atoms. The fraction of sp³-hybridized carbons (Fsp3) is 0.333. The van der Waals surface area contributed by atoms with Gasteiger partial charge in [-0.25, -0.2) is 0 Å². The van der Waals surface area contributed by atoms with Gasteiger partial charge >= 0.3 is 0 Å². The smallest absolute Gasteiger partial charge is 0.264 e. The average molecular weight is 421 g/mol. The van der Waals surface area contributed by atoms with Crippen LogP contribution in [0.2, 0.25) is 0 Å². The number of nitrogens with zero attached hydrogens (tertiary/aromatic N) is 3. The lowest BCUT2D eigenvalue weighted by atomic mass is 10.1. The maximum atomic E-state index is 12.9. The molecule has 0 unspecified atom stereocenters. The van der Waals surface area contributed by atoms with Crippen LogP contribution in [0.1, 0.15) is 12.5 Å². The molecular weight excluding hydrogens is 394 g/mol. The topological polar surface area (TPSA) is 75.0 Å². The quantitative estimate of drug-likeness (QED) is 0.504. The van der Waals surface area contributed by atoms with E-state index < -0.39 is 0 Å². The molecular formula is C24H27N3O4. The van der Waals surface area contributed by atoms with Crippen LogP contribution in [0.15, 0.2) is 48.0 Å². The molecule has 1 saturated heterocycles. The number of amides is 1. The molecule has 1 amide bonds. The van der Waals surface area contributed by atoms with Gasteiger partial charge in [0.05, 0.1) is 20.8 Å². The third kappa shape index (κ3) is 5.28. The van der Waals surface area contributed by atoms with Crippen molar-refractivity contribution in [2.45, 2.75) is 6.92 Å². The molecule has 0 aromatic heterocycles. The molecule has 7 heteroatoms. The summed E-state index contributed by atoms with van der Waals surface area (Å²) in [7, 11) is 3.21. The summed E-state index contributed by atoms with van der Waals surface area (Å²) >= 11 is 0. The summed E-state index contributed by atoms with van der Waals surface area (Å²) < 4.78 is 16.1. The fourth-order valence-corrected chi connectivity index (χ4v) is 3.49. The van der Waals surface area contributed by atoms with Gasteiger partial charge in [0.25, 0.3) is 5.91 Å². The van der Waals surface area contributed by atoms with E-state index in [1.807, 2.05) is 31.2 Å². The van der Waals surface area contributed by atoms with Gasteiger partial charge in [0, 0.05) is 31.9 Å². The van der Waals surface area contributed by atoms with Crippen LogP contribution < -0.4 is 19.1 Å². The molecule has 7 nitrogen and oxygen atoms in total. The highest BCUT2D eigenvalue weighted by molar-refractivity contribution is 6.01. The zero-order chi connectivity index (χ0) is 22.2. The summed E-state index contributed by atoms with van der Waals surface area (Å²) in [5.74, 6) is 1.74. The van der Waals surface area contributed by atoms with E-state index in [1.165, 1.54) is 0 Å². The molecule has 1 fully saturated rings. The van der Waals surface area contributed by atoms with Crippen LogP contribution in [0.3, 0.4) is 0 Å². The van der Waals surface area contributed by atoms with Gasteiger partial charge in [0.2, 0.25) is 0 Å². The summed E-state index contributed by atoms with van der Waals surface area (Å²) in [5.41, 5.74) is 1.90. The molecule has 0 N–H and O–H groups in total. The van der Waals surface area contributed by atoms with E-state index in [4.69, 9.17) is 14.2 Å². The Morgan fingerprint density at radius 3 is 2.32 bits per heavy atom. The molecule has 1 heterocycles. The number of piperazine rings is 1. The van der Waals surface area contributed by atoms with Crippen molar-refractivity contribution in [3.05, 3.63) is 53.6 Å². The predicted octanol–water partition coefficient (Wildman–Crippen LogP) is 3.36. The number of nitriles is 1. The molecule has 0 radical (unpaired) electrons. The molecule has 3 rings (SSSR count). The first-order valence-corrected chi connectivity index (χ1v) is 10.2. The molecule has 1 aliphatic rings. The van der Waals surface area contributed by atoms with Crippen molar-refractivity contribution in [3.63, 3.8) is 0 Å². The van der Waals surface area contributed by atoms with Crippen LogP contribution in [0, 0.1) is 11.3 Å². The van der Waals surface area contributed by atoms with Crippen molar-refractivity contribution in [3.8, 4) is 23.3 Å². The van der Waals surface area contributed by atoms with E-state index in [-0.39, 0.29) is 11.5 Å². The predicted molar refractivity (Wildman–Crippen MR) is 120 cm³/mol. The number of carbonyl (C=O) groups excluding carboxylic acids is 1. The van der Waals surface area contributed by atoms with Crippen LogP contribution in [0.4, 0.5) is 5.69 Å². The second-order valence-electron chi connectivity index (χ2n) is 6.99. The number of ether oxygens (including phenoxy) is 3. The minimum Gasteiger partial charge on any atom is -0.497 e. The first-order chi connectivity index (χ1) is 15.1. The Kier molecular flexibility index (Phi) is 7.39. The van der Waals surface area contributed by atoms with E-state index in [9.17, 15) is 10.1 Å². The zero-order valence-corrected chi connectivity index (χ0v) is 18.1. The Morgan fingerprint density at radius 2 is 1.74 bits per heavy atom. The summed E-state index contributed by atoms with van der Waals surface area (Å²) in [6, 6.07) is 15.3. The monoisotopic (exact) mass is 421 g/mol. The molecule has 1 aliphatic heterocycles. The minimum atomic E-state index is -0.259. The summed E-state index contributed by atoms with van der Waals surface area (Å²) in [6.07, 6.45) is 1.60. The Balaban J connectivity index is 1.68. The summed E-state index contributed by atoms with van der Waals surface area (Å²) in [4.78, 5) is 16.9. The molecule has 0 spiro atoms. The summed E-state index contributed by atoms with van der Waals surface area (Å²) in [6.45, 7) is 4.89. The van der Waals surface area contributed by atoms with E-state index in [2.05, 4.69) is 11.0 Å². The largest absolute Gasteiger partial charge is 0.497 e. The highest BCUT2D eigenvalue weighted by Crippen LogP contribution is 2.29.